The second-order valence-corrected chi connectivity index (χ2v) is 9.83. The van der Waals surface area contributed by atoms with Crippen molar-refractivity contribution in [3.05, 3.63) is 88.8 Å². The Kier molecular flexibility index (Phi) is 10.2. The lowest BCUT2D eigenvalue weighted by molar-refractivity contribution is 0.0922. The van der Waals surface area contributed by atoms with Crippen molar-refractivity contribution in [1.29, 1.82) is 0 Å². The zero-order valence-corrected chi connectivity index (χ0v) is 20.5. The average Bonchev–Trinajstić information content (AvgIpc) is 3.29. The van der Waals surface area contributed by atoms with Gasteiger partial charge >= 0.3 is 0 Å². The maximum atomic E-state index is 12.5. The molecule has 1 aromatic heterocycles. The van der Waals surface area contributed by atoms with Crippen molar-refractivity contribution < 1.29 is 13.4 Å². The van der Waals surface area contributed by atoms with Crippen molar-refractivity contribution in [2.75, 3.05) is 19.6 Å². The molecule has 0 fully saturated rings. The minimum Gasteiger partial charge on any atom is -0.455 e. The summed E-state index contributed by atoms with van der Waals surface area (Å²) in [6, 6.07) is 20.7. The highest BCUT2D eigenvalue weighted by Gasteiger charge is 2.14. The van der Waals surface area contributed by atoms with E-state index in [9.17, 15) is 9.00 Å². The van der Waals surface area contributed by atoms with Gasteiger partial charge in [0.2, 0.25) is 0 Å². The highest BCUT2D eigenvalue weighted by Crippen LogP contribution is 2.18. The van der Waals surface area contributed by atoms with E-state index in [4.69, 9.17) is 16.0 Å². The number of furan rings is 1. The summed E-state index contributed by atoms with van der Waals surface area (Å²) in [6.45, 7) is 5.64. The Bertz CT molecular complexity index is 1040. The summed E-state index contributed by atoms with van der Waals surface area (Å²) in [5, 5.41) is 3.47. The first-order chi connectivity index (χ1) is 16.0. The van der Waals surface area contributed by atoms with Crippen molar-refractivity contribution in [3.63, 3.8) is 0 Å². The standard InChI is InChI=1S/C26H31ClN2O3S/c1-2-3-16-29(19-21-9-5-4-6-10-21)17-8-15-28-26(30)25-14-13-23(32-25)20-33(31)24-12-7-11-22(27)18-24/h4-7,9-14,18H,2-3,8,15-17,19-20H2,1H3,(H,28,30). The third kappa shape index (κ3) is 8.46. The normalized spacial score (nSPS) is 12.1. The van der Waals surface area contributed by atoms with Crippen LogP contribution < -0.4 is 5.32 Å². The first-order valence-corrected chi connectivity index (χ1v) is 13.0. The van der Waals surface area contributed by atoms with E-state index in [0.29, 0.717) is 22.2 Å². The molecule has 176 valence electrons. The third-order valence-corrected chi connectivity index (χ3v) is 6.79. The monoisotopic (exact) mass is 486 g/mol. The van der Waals surface area contributed by atoms with E-state index in [2.05, 4.69) is 41.4 Å². The molecular weight excluding hydrogens is 456 g/mol. The minimum absolute atomic E-state index is 0.194. The van der Waals surface area contributed by atoms with Crippen LogP contribution in [0.4, 0.5) is 0 Å². The summed E-state index contributed by atoms with van der Waals surface area (Å²) >= 11 is 5.97. The lowest BCUT2D eigenvalue weighted by atomic mass is 10.2. The summed E-state index contributed by atoms with van der Waals surface area (Å²) < 4.78 is 18.1. The van der Waals surface area contributed by atoms with Crippen LogP contribution in [0.1, 0.15) is 48.1 Å². The van der Waals surface area contributed by atoms with E-state index in [0.717, 1.165) is 38.9 Å². The summed E-state index contributed by atoms with van der Waals surface area (Å²) in [6.07, 6.45) is 3.17. The first kappa shape index (κ1) is 25.2. The fraction of sp³-hybridized carbons (Fsp3) is 0.346. The molecule has 0 radical (unpaired) electrons. The first-order valence-electron chi connectivity index (χ1n) is 11.3. The summed E-state index contributed by atoms with van der Waals surface area (Å²) in [5.41, 5.74) is 1.30. The number of rotatable bonds is 13. The van der Waals surface area contributed by atoms with Crippen LogP contribution in [0.15, 0.2) is 76.0 Å². The van der Waals surface area contributed by atoms with E-state index >= 15 is 0 Å². The number of hydrogen-bond donors (Lipinski definition) is 1. The van der Waals surface area contributed by atoms with E-state index in [1.807, 2.05) is 6.07 Å². The molecule has 5 nitrogen and oxygen atoms in total. The van der Waals surface area contributed by atoms with Gasteiger partial charge in [0, 0.05) is 29.6 Å². The Balaban J connectivity index is 1.44. The van der Waals surface area contributed by atoms with Gasteiger partial charge in [0.25, 0.3) is 5.91 Å². The Hall–Kier alpha value is -2.41. The van der Waals surface area contributed by atoms with Gasteiger partial charge in [0.15, 0.2) is 5.76 Å². The van der Waals surface area contributed by atoms with Crippen molar-refractivity contribution in [1.82, 2.24) is 10.2 Å². The summed E-state index contributed by atoms with van der Waals surface area (Å²) in [5.74, 6) is 0.685. The van der Waals surface area contributed by atoms with E-state index in [-0.39, 0.29) is 17.4 Å². The highest BCUT2D eigenvalue weighted by atomic mass is 35.5. The van der Waals surface area contributed by atoms with Crippen molar-refractivity contribution in [2.24, 2.45) is 0 Å². The fourth-order valence-corrected chi connectivity index (χ4v) is 4.81. The number of nitrogens with one attached hydrogen (secondary N) is 1. The molecule has 33 heavy (non-hydrogen) atoms. The number of amides is 1. The van der Waals surface area contributed by atoms with Crippen LogP contribution in [0.25, 0.3) is 0 Å². The third-order valence-electron chi connectivity index (χ3n) is 5.23. The average molecular weight is 487 g/mol. The number of carbonyl (C=O) groups is 1. The van der Waals surface area contributed by atoms with Gasteiger partial charge in [-0.15, -0.1) is 0 Å². The zero-order chi connectivity index (χ0) is 23.5. The fourth-order valence-electron chi connectivity index (χ4n) is 3.48. The van der Waals surface area contributed by atoms with Crippen LogP contribution in [-0.4, -0.2) is 34.7 Å². The van der Waals surface area contributed by atoms with Crippen LogP contribution in [0.2, 0.25) is 5.02 Å². The lowest BCUT2D eigenvalue weighted by Crippen LogP contribution is -2.30. The molecule has 0 saturated heterocycles. The van der Waals surface area contributed by atoms with E-state index < -0.39 is 10.8 Å². The van der Waals surface area contributed by atoms with Crippen LogP contribution in [0.5, 0.6) is 0 Å². The minimum atomic E-state index is -1.29. The SMILES string of the molecule is CCCCN(CCCNC(=O)c1ccc(CS(=O)c2cccc(Cl)c2)o1)Cc1ccccc1. The number of halogens is 1. The van der Waals surface area contributed by atoms with Crippen molar-refractivity contribution in [2.45, 2.75) is 43.4 Å². The number of nitrogens with zero attached hydrogens (tertiary/aromatic N) is 1. The molecule has 0 saturated carbocycles. The molecule has 3 aromatic rings. The second-order valence-electron chi connectivity index (χ2n) is 7.94. The second kappa shape index (κ2) is 13.3. The molecule has 1 N–H and O–H groups in total. The summed E-state index contributed by atoms with van der Waals surface area (Å²) in [7, 11) is -1.29. The van der Waals surface area contributed by atoms with Gasteiger partial charge in [-0.3, -0.25) is 13.9 Å². The van der Waals surface area contributed by atoms with Gasteiger partial charge in [-0.25, -0.2) is 0 Å². The maximum absolute atomic E-state index is 12.5. The number of unbranched alkanes of at least 4 members (excludes halogenated alkanes) is 1. The van der Waals surface area contributed by atoms with Crippen LogP contribution in [-0.2, 0) is 23.1 Å². The summed E-state index contributed by atoms with van der Waals surface area (Å²) in [4.78, 5) is 15.5. The Labute approximate surface area is 203 Å². The van der Waals surface area contributed by atoms with Gasteiger partial charge in [0.05, 0.1) is 16.6 Å². The molecule has 0 aliphatic rings. The number of hydrogen-bond acceptors (Lipinski definition) is 4. The molecule has 7 heteroatoms. The van der Waals surface area contributed by atoms with Crippen LogP contribution >= 0.6 is 11.6 Å². The predicted molar refractivity (Wildman–Crippen MR) is 134 cm³/mol. The van der Waals surface area contributed by atoms with E-state index in [1.54, 1.807) is 36.4 Å². The topological polar surface area (TPSA) is 62.6 Å². The Morgan fingerprint density at radius 2 is 1.82 bits per heavy atom. The molecule has 1 heterocycles. The Morgan fingerprint density at radius 1 is 1.03 bits per heavy atom. The highest BCUT2D eigenvalue weighted by molar-refractivity contribution is 7.84. The molecule has 0 spiro atoms. The molecule has 1 amide bonds. The van der Waals surface area contributed by atoms with Gasteiger partial charge < -0.3 is 9.73 Å². The lowest BCUT2D eigenvalue weighted by Gasteiger charge is -2.22. The molecule has 0 aliphatic heterocycles. The molecule has 2 aromatic carbocycles. The number of benzene rings is 2. The van der Waals surface area contributed by atoms with Gasteiger partial charge in [-0.05, 0) is 55.3 Å². The molecule has 3 rings (SSSR count). The van der Waals surface area contributed by atoms with Gasteiger partial charge in [-0.2, -0.15) is 0 Å². The molecule has 0 bridgehead atoms. The van der Waals surface area contributed by atoms with Crippen LogP contribution in [0.3, 0.4) is 0 Å². The zero-order valence-electron chi connectivity index (χ0n) is 19.0. The van der Waals surface area contributed by atoms with Gasteiger partial charge in [0.1, 0.15) is 5.76 Å². The molecular formula is C26H31ClN2O3S. The largest absolute Gasteiger partial charge is 0.455 e. The number of carbonyl (C=O) groups excluding carboxylic acids is 1. The van der Waals surface area contributed by atoms with Crippen molar-refractivity contribution in [3.8, 4) is 0 Å². The molecule has 0 aliphatic carbocycles. The molecule has 1 atom stereocenters. The Morgan fingerprint density at radius 3 is 2.58 bits per heavy atom. The molecule has 1 unspecified atom stereocenters. The smallest absolute Gasteiger partial charge is 0.286 e. The van der Waals surface area contributed by atoms with Gasteiger partial charge in [-0.1, -0.05) is 61.3 Å². The quantitative estimate of drug-likeness (QED) is 0.316. The van der Waals surface area contributed by atoms with E-state index in [1.165, 1.54) is 5.56 Å². The van der Waals surface area contributed by atoms with Crippen molar-refractivity contribution >= 4 is 28.3 Å². The van der Waals surface area contributed by atoms with Crippen LogP contribution in [0, 0.1) is 0 Å². The predicted octanol–water partition coefficient (Wildman–Crippen LogP) is 5.66. The maximum Gasteiger partial charge on any atom is 0.286 e.